The van der Waals surface area contributed by atoms with Crippen molar-refractivity contribution in [3.63, 3.8) is 0 Å². The number of carbonyl (C=O) groups excluding carboxylic acids is 1. The second-order valence-electron chi connectivity index (χ2n) is 7.46. The Hall–Kier alpha value is -1.58. The molecule has 1 aromatic rings. The van der Waals surface area contributed by atoms with Crippen LogP contribution in [0, 0.1) is 11.8 Å². The Bertz CT molecular complexity index is 531. The maximum atomic E-state index is 12.7. The minimum Gasteiger partial charge on any atom is -0.384 e. The van der Waals surface area contributed by atoms with Gasteiger partial charge >= 0.3 is 0 Å². The van der Waals surface area contributed by atoms with Crippen LogP contribution in [0.5, 0.6) is 0 Å². The normalized spacial score (nSPS) is 19.3. The van der Waals surface area contributed by atoms with E-state index in [0.29, 0.717) is 23.2 Å². The van der Waals surface area contributed by atoms with Gasteiger partial charge in [-0.05, 0) is 30.4 Å². The maximum absolute atomic E-state index is 12.7. The van der Waals surface area contributed by atoms with Crippen LogP contribution < -0.4 is 5.73 Å². The highest BCUT2D eigenvalue weighted by molar-refractivity contribution is 5.95. The first kappa shape index (κ1) is 15.8. The topological polar surface area (TPSA) is 59.2 Å². The molecule has 1 saturated heterocycles. The molecule has 1 amide bonds. The molecule has 0 radical (unpaired) electrons. The highest BCUT2D eigenvalue weighted by Crippen LogP contribution is 2.27. The largest absolute Gasteiger partial charge is 0.384 e. The van der Waals surface area contributed by atoms with Gasteiger partial charge in [0.25, 0.3) is 5.91 Å². The Balaban J connectivity index is 2.22. The van der Waals surface area contributed by atoms with Crippen molar-refractivity contribution in [3.8, 4) is 0 Å². The van der Waals surface area contributed by atoms with Crippen LogP contribution in [0.3, 0.4) is 0 Å². The maximum Gasteiger partial charge on any atom is 0.254 e. The zero-order valence-electron chi connectivity index (χ0n) is 13.8. The summed E-state index contributed by atoms with van der Waals surface area (Å²) in [7, 11) is 0. The number of aromatic nitrogens is 1. The summed E-state index contributed by atoms with van der Waals surface area (Å²) >= 11 is 0. The lowest BCUT2D eigenvalue weighted by molar-refractivity contribution is 0.0784. The minimum atomic E-state index is -0.115. The van der Waals surface area contributed by atoms with Crippen LogP contribution in [0.1, 0.15) is 57.1 Å². The number of anilines is 1. The number of amides is 1. The van der Waals surface area contributed by atoms with Gasteiger partial charge in [-0.15, -0.1) is 0 Å². The highest BCUT2D eigenvalue weighted by atomic mass is 16.2. The molecule has 1 fully saturated rings. The molecule has 2 N–H and O–H groups in total. The molecule has 2 rings (SSSR count). The minimum absolute atomic E-state index is 0.0813. The van der Waals surface area contributed by atoms with E-state index in [4.69, 9.17) is 5.73 Å². The lowest BCUT2D eigenvalue weighted by Gasteiger charge is -2.21. The Morgan fingerprint density at radius 2 is 2.05 bits per heavy atom. The molecule has 21 heavy (non-hydrogen) atoms. The van der Waals surface area contributed by atoms with E-state index in [1.165, 1.54) is 0 Å². The number of hydrogen-bond acceptors (Lipinski definition) is 3. The molecule has 0 saturated carbocycles. The third-order valence-electron chi connectivity index (χ3n) is 4.32. The van der Waals surface area contributed by atoms with Crippen LogP contribution >= 0.6 is 0 Å². The van der Waals surface area contributed by atoms with Crippen molar-refractivity contribution in [1.29, 1.82) is 0 Å². The number of nitrogens with two attached hydrogens (primary N) is 1. The van der Waals surface area contributed by atoms with Gasteiger partial charge in [-0.1, -0.05) is 34.6 Å². The second kappa shape index (κ2) is 5.66. The van der Waals surface area contributed by atoms with Gasteiger partial charge in [0.2, 0.25) is 0 Å². The average molecular weight is 289 g/mol. The van der Waals surface area contributed by atoms with Gasteiger partial charge in [-0.2, -0.15) is 0 Å². The Morgan fingerprint density at radius 3 is 2.57 bits per heavy atom. The number of nitrogens with zero attached hydrogens (tertiary/aromatic N) is 2. The Kier molecular flexibility index (Phi) is 4.26. The summed E-state index contributed by atoms with van der Waals surface area (Å²) in [5, 5.41) is 0. The summed E-state index contributed by atoms with van der Waals surface area (Å²) in [4.78, 5) is 19.0. The molecule has 4 heteroatoms. The molecular formula is C17H27N3O. The van der Waals surface area contributed by atoms with E-state index in [9.17, 15) is 4.79 Å². The molecule has 0 bridgehead atoms. The van der Waals surface area contributed by atoms with Crippen LogP contribution in [0.15, 0.2) is 12.1 Å². The van der Waals surface area contributed by atoms with Crippen molar-refractivity contribution in [2.24, 2.45) is 11.8 Å². The molecule has 1 atom stereocenters. The van der Waals surface area contributed by atoms with Crippen LogP contribution in [0.2, 0.25) is 0 Å². The average Bonchev–Trinajstić information content (AvgIpc) is 2.85. The molecule has 1 unspecified atom stereocenters. The highest BCUT2D eigenvalue weighted by Gasteiger charge is 2.29. The van der Waals surface area contributed by atoms with E-state index >= 15 is 0 Å². The number of likely N-dealkylation sites (tertiary alicyclic amines) is 1. The molecule has 2 heterocycles. The Morgan fingerprint density at radius 1 is 1.38 bits per heavy atom. The fourth-order valence-corrected chi connectivity index (χ4v) is 2.76. The first-order chi connectivity index (χ1) is 9.68. The van der Waals surface area contributed by atoms with Crippen molar-refractivity contribution in [2.75, 3.05) is 18.8 Å². The number of rotatable bonds is 2. The lowest BCUT2D eigenvalue weighted by atomic mass is 9.90. The van der Waals surface area contributed by atoms with Gasteiger partial charge in [0.15, 0.2) is 0 Å². The van der Waals surface area contributed by atoms with E-state index in [1.54, 1.807) is 6.07 Å². The molecule has 1 aliphatic heterocycles. The van der Waals surface area contributed by atoms with Gasteiger partial charge in [-0.25, -0.2) is 4.98 Å². The summed E-state index contributed by atoms with van der Waals surface area (Å²) < 4.78 is 0. The molecule has 116 valence electrons. The monoisotopic (exact) mass is 289 g/mol. The van der Waals surface area contributed by atoms with Crippen molar-refractivity contribution in [3.05, 3.63) is 23.4 Å². The third-order valence-corrected chi connectivity index (χ3v) is 4.32. The van der Waals surface area contributed by atoms with E-state index in [1.807, 2.05) is 11.0 Å². The van der Waals surface area contributed by atoms with Gasteiger partial charge in [0.05, 0.1) is 0 Å². The van der Waals surface area contributed by atoms with E-state index in [-0.39, 0.29) is 11.3 Å². The van der Waals surface area contributed by atoms with Crippen LogP contribution in [-0.4, -0.2) is 28.9 Å². The molecule has 4 nitrogen and oxygen atoms in total. The van der Waals surface area contributed by atoms with E-state index in [0.717, 1.165) is 25.2 Å². The number of pyridine rings is 1. The number of hydrogen-bond donors (Lipinski definition) is 1. The fraction of sp³-hybridized carbons (Fsp3) is 0.647. The lowest BCUT2D eigenvalue weighted by Crippen LogP contribution is -2.30. The van der Waals surface area contributed by atoms with Crippen LogP contribution in [0.4, 0.5) is 5.82 Å². The second-order valence-corrected chi connectivity index (χ2v) is 7.46. The van der Waals surface area contributed by atoms with Crippen molar-refractivity contribution in [1.82, 2.24) is 9.88 Å². The molecule has 0 aliphatic carbocycles. The summed E-state index contributed by atoms with van der Waals surface area (Å²) in [5.41, 5.74) is 7.30. The first-order valence-electron chi connectivity index (χ1n) is 7.76. The predicted molar refractivity (Wildman–Crippen MR) is 86.2 cm³/mol. The number of nitrogen functional groups attached to an aromatic ring is 1. The zero-order valence-corrected chi connectivity index (χ0v) is 13.8. The van der Waals surface area contributed by atoms with Crippen LogP contribution in [-0.2, 0) is 5.41 Å². The van der Waals surface area contributed by atoms with Crippen molar-refractivity contribution in [2.45, 2.75) is 46.5 Å². The summed E-state index contributed by atoms with van der Waals surface area (Å²) in [6.07, 6.45) is 1.09. The SMILES string of the molecule is CC(C)C1CCN(C(=O)c2cc(N)nc(C(C)(C)C)c2)C1. The molecular weight excluding hydrogens is 262 g/mol. The quantitative estimate of drug-likeness (QED) is 0.910. The summed E-state index contributed by atoms with van der Waals surface area (Å²) in [5.74, 6) is 1.73. The zero-order chi connectivity index (χ0) is 15.8. The molecule has 1 aliphatic rings. The fourth-order valence-electron chi connectivity index (χ4n) is 2.76. The van der Waals surface area contributed by atoms with Gasteiger partial charge < -0.3 is 10.6 Å². The van der Waals surface area contributed by atoms with Gasteiger partial charge in [-0.3, -0.25) is 4.79 Å². The first-order valence-corrected chi connectivity index (χ1v) is 7.76. The van der Waals surface area contributed by atoms with Gasteiger partial charge in [0, 0.05) is 29.8 Å². The van der Waals surface area contributed by atoms with Gasteiger partial charge in [0.1, 0.15) is 5.82 Å². The Labute approximate surface area is 127 Å². The van der Waals surface area contributed by atoms with Crippen molar-refractivity contribution < 1.29 is 4.79 Å². The van der Waals surface area contributed by atoms with Crippen molar-refractivity contribution >= 4 is 11.7 Å². The number of carbonyl (C=O) groups is 1. The standard InChI is InChI=1S/C17H27N3O/c1-11(2)12-6-7-20(10-12)16(21)13-8-14(17(3,4)5)19-15(18)9-13/h8-9,11-12H,6-7,10H2,1-5H3,(H2,18,19). The molecule has 0 aromatic carbocycles. The molecule has 1 aromatic heterocycles. The summed E-state index contributed by atoms with van der Waals surface area (Å²) in [6.45, 7) is 12.4. The predicted octanol–water partition coefficient (Wildman–Crippen LogP) is 3.08. The smallest absolute Gasteiger partial charge is 0.254 e. The van der Waals surface area contributed by atoms with Crippen LogP contribution in [0.25, 0.3) is 0 Å². The summed E-state index contributed by atoms with van der Waals surface area (Å²) in [6, 6.07) is 3.58. The third kappa shape index (κ3) is 3.55. The molecule has 0 spiro atoms. The van der Waals surface area contributed by atoms with E-state index in [2.05, 4.69) is 39.6 Å². The van der Waals surface area contributed by atoms with E-state index < -0.39 is 0 Å².